The number of hydrogen-bond donors (Lipinski definition) is 1. The summed E-state index contributed by atoms with van der Waals surface area (Å²) in [6.07, 6.45) is 3.45. The van der Waals surface area contributed by atoms with E-state index in [2.05, 4.69) is 17.2 Å². The molecule has 1 atom stereocenters. The second-order valence-electron chi connectivity index (χ2n) is 5.10. The lowest BCUT2D eigenvalue weighted by molar-refractivity contribution is 0.393. The van der Waals surface area contributed by atoms with E-state index in [4.69, 9.17) is 0 Å². The fourth-order valence-electron chi connectivity index (χ4n) is 1.77. The first kappa shape index (κ1) is 16.9. The molecule has 5 nitrogen and oxygen atoms in total. The first-order chi connectivity index (χ1) is 9.41. The van der Waals surface area contributed by atoms with E-state index in [0.29, 0.717) is 18.3 Å². The fraction of sp³-hybridized carbons (Fsp3) is 0.643. The van der Waals surface area contributed by atoms with Crippen LogP contribution in [-0.4, -0.2) is 37.8 Å². The minimum absolute atomic E-state index is 0.289. The fourth-order valence-corrected chi connectivity index (χ4v) is 3.07. The molecule has 0 saturated heterocycles. The Hall–Kier alpha value is -1.14. The predicted molar refractivity (Wildman–Crippen MR) is 82.3 cm³/mol. The van der Waals surface area contributed by atoms with Crippen molar-refractivity contribution in [2.24, 2.45) is 5.92 Å². The van der Waals surface area contributed by atoms with Crippen LogP contribution in [0.1, 0.15) is 33.6 Å². The van der Waals surface area contributed by atoms with Gasteiger partial charge in [-0.25, -0.2) is 17.7 Å². The molecule has 1 heterocycles. The minimum Gasteiger partial charge on any atom is -0.370 e. The molecule has 0 bridgehead atoms. The molecule has 1 unspecified atom stereocenters. The van der Waals surface area contributed by atoms with Crippen molar-refractivity contribution in [3.63, 3.8) is 0 Å². The van der Waals surface area contributed by atoms with Crippen molar-refractivity contribution in [2.45, 2.75) is 38.5 Å². The molecular weight excluding hydrogens is 274 g/mol. The van der Waals surface area contributed by atoms with Gasteiger partial charge >= 0.3 is 0 Å². The summed E-state index contributed by atoms with van der Waals surface area (Å²) in [5.74, 6) is 0.944. The molecule has 0 saturated carbocycles. The second kappa shape index (κ2) is 7.59. The van der Waals surface area contributed by atoms with Crippen molar-refractivity contribution in [1.82, 2.24) is 9.29 Å². The third-order valence-corrected chi connectivity index (χ3v) is 5.08. The Morgan fingerprint density at radius 3 is 2.70 bits per heavy atom. The normalized spacial score (nSPS) is 13.4. The van der Waals surface area contributed by atoms with Gasteiger partial charge in [0.05, 0.1) is 4.90 Å². The van der Waals surface area contributed by atoms with Gasteiger partial charge in [0, 0.05) is 32.4 Å². The largest absolute Gasteiger partial charge is 0.370 e. The molecule has 0 amide bonds. The van der Waals surface area contributed by atoms with E-state index in [1.807, 2.05) is 13.8 Å². The SMILES string of the molecule is CCCNc1cc(S(=O)(=O)N(C)CC(C)CC)ccn1. The number of sulfonamides is 1. The zero-order valence-corrected chi connectivity index (χ0v) is 13.6. The van der Waals surface area contributed by atoms with Crippen LogP contribution < -0.4 is 5.32 Å². The Kier molecular flexibility index (Phi) is 6.42. The Bertz CT molecular complexity index is 517. The van der Waals surface area contributed by atoms with Crippen molar-refractivity contribution in [3.8, 4) is 0 Å². The standard InChI is InChI=1S/C14H25N3O2S/c1-5-8-15-14-10-13(7-9-16-14)20(18,19)17(4)11-12(3)6-2/h7,9-10,12H,5-6,8,11H2,1-4H3,(H,15,16). The third kappa shape index (κ3) is 4.45. The van der Waals surface area contributed by atoms with Gasteiger partial charge in [0.2, 0.25) is 10.0 Å². The van der Waals surface area contributed by atoms with Crippen molar-refractivity contribution in [3.05, 3.63) is 18.3 Å². The molecule has 114 valence electrons. The van der Waals surface area contributed by atoms with Gasteiger partial charge in [0.25, 0.3) is 0 Å². The van der Waals surface area contributed by atoms with Crippen LogP contribution in [0, 0.1) is 5.92 Å². The lowest BCUT2D eigenvalue weighted by atomic mass is 10.1. The van der Waals surface area contributed by atoms with Crippen molar-refractivity contribution >= 4 is 15.8 Å². The van der Waals surface area contributed by atoms with Crippen LogP contribution in [0.15, 0.2) is 23.2 Å². The molecule has 0 spiro atoms. The van der Waals surface area contributed by atoms with E-state index in [0.717, 1.165) is 19.4 Å². The predicted octanol–water partition coefficient (Wildman–Crippen LogP) is 2.57. The van der Waals surface area contributed by atoms with Gasteiger partial charge in [-0.15, -0.1) is 0 Å². The van der Waals surface area contributed by atoms with E-state index < -0.39 is 10.0 Å². The van der Waals surface area contributed by atoms with Gasteiger partial charge in [0.15, 0.2) is 0 Å². The summed E-state index contributed by atoms with van der Waals surface area (Å²) in [5, 5.41) is 3.10. The minimum atomic E-state index is -3.44. The Labute approximate surface area is 122 Å². The molecule has 1 aromatic heterocycles. The van der Waals surface area contributed by atoms with Crippen LogP contribution in [-0.2, 0) is 10.0 Å². The second-order valence-corrected chi connectivity index (χ2v) is 7.15. The van der Waals surface area contributed by atoms with Crippen LogP contribution in [0.2, 0.25) is 0 Å². The van der Waals surface area contributed by atoms with Crippen LogP contribution in [0.25, 0.3) is 0 Å². The average Bonchev–Trinajstić information content (AvgIpc) is 2.45. The van der Waals surface area contributed by atoms with E-state index >= 15 is 0 Å². The van der Waals surface area contributed by atoms with E-state index in [-0.39, 0.29) is 4.90 Å². The summed E-state index contributed by atoms with van der Waals surface area (Å²) >= 11 is 0. The van der Waals surface area contributed by atoms with Crippen molar-refractivity contribution in [1.29, 1.82) is 0 Å². The van der Waals surface area contributed by atoms with E-state index in [1.54, 1.807) is 19.2 Å². The maximum absolute atomic E-state index is 12.5. The topological polar surface area (TPSA) is 62.3 Å². The van der Waals surface area contributed by atoms with Crippen LogP contribution in [0.4, 0.5) is 5.82 Å². The number of aromatic nitrogens is 1. The number of pyridine rings is 1. The number of anilines is 1. The maximum Gasteiger partial charge on any atom is 0.243 e. The molecule has 6 heteroatoms. The van der Waals surface area contributed by atoms with Crippen LogP contribution in [0.5, 0.6) is 0 Å². The number of nitrogens with one attached hydrogen (secondary N) is 1. The van der Waals surface area contributed by atoms with Crippen LogP contribution >= 0.6 is 0 Å². The molecule has 0 radical (unpaired) electrons. The lowest BCUT2D eigenvalue weighted by Crippen LogP contribution is -2.31. The van der Waals surface area contributed by atoms with Gasteiger partial charge in [0.1, 0.15) is 5.82 Å². The first-order valence-electron chi connectivity index (χ1n) is 7.08. The summed E-state index contributed by atoms with van der Waals surface area (Å²) in [5.41, 5.74) is 0. The van der Waals surface area contributed by atoms with E-state index in [9.17, 15) is 8.42 Å². The average molecular weight is 299 g/mol. The Morgan fingerprint density at radius 2 is 2.10 bits per heavy atom. The number of hydrogen-bond acceptors (Lipinski definition) is 4. The monoisotopic (exact) mass is 299 g/mol. The molecule has 0 fully saturated rings. The smallest absolute Gasteiger partial charge is 0.243 e. The highest BCUT2D eigenvalue weighted by Gasteiger charge is 2.22. The summed E-state index contributed by atoms with van der Waals surface area (Å²) in [6, 6.07) is 3.14. The molecule has 0 aliphatic heterocycles. The first-order valence-corrected chi connectivity index (χ1v) is 8.52. The quantitative estimate of drug-likeness (QED) is 0.801. The third-order valence-electron chi connectivity index (χ3n) is 3.26. The highest BCUT2D eigenvalue weighted by molar-refractivity contribution is 7.89. The summed E-state index contributed by atoms with van der Waals surface area (Å²) in [4.78, 5) is 4.42. The van der Waals surface area contributed by atoms with E-state index in [1.165, 1.54) is 10.5 Å². The van der Waals surface area contributed by atoms with Gasteiger partial charge in [-0.3, -0.25) is 0 Å². The van der Waals surface area contributed by atoms with Gasteiger partial charge < -0.3 is 5.32 Å². The lowest BCUT2D eigenvalue weighted by Gasteiger charge is -2.20. The summed E-state index contributed by atoms with van der Waals surface area (Å²) in [7, 11) is -1.81. The highest BCUT2D eigenvalue weighted by atomic mass is 32.2. The molecule has 0 aliphatic carbocycles. The molecule has 20 heavy (non-hydrogen) atoms. The van der Waals surface area contributed by atoms with Gasteiger partial charge in [-0.1, -0.05) is 27.2 Å². The molecule has 0 aromatic carbocycles. The molecule has 1 aromatic rings. The van der Waals surface area contributed by atoms with Crippen molar-refractivity contribution < 1.29 is 8.42 Å². The molecule has 1 N–H and O–H groups in total. The highest BCUT2D eigenvalue weighted by Crippen LogP contribution is 2.18. The maximum atomic E-state index is 12.5. The number of nitrogens with zero attached hydrogens (tertiary/aromatic N) is 2. The van der Waals surface area contributed by atoms with Crippen molar-refractivity contribution in [2.75, 3.05) is 25.5 Å². The molecule has 0 aliphatic rings. The Morgan fingerprint density at radius 1 is 1.40 bits per heavy atom. The summed E-state index contributed by atoms with van der Waals surface area (Å²) in [6.45, 7) is 7.46. The van der Waals surface area contributed by atoms with Gasteiger partial charge in [-0.2, -0.15) is 0 Å². The molecule has 1 rings (SSSR count). The zero-order chi connectivity index (χ0) is 15.2. The zero-order valence-electron chi connectivity index (χ0n) is 12.8. The molecular formula is C14H25N3O2S. The van der Waals surface area contributed by atoms with Crippen LogP contribution in [0.3, 0.4) is 0 Å². The number of rotatable bonds is 8. The van der Waals surface area contributed by atoms with Gasteiger partial charge in [-0.05, 0) is 18.4 Å². The summed E-state index contributed by atoms with van der Waals surface area (Å²) < 4.78 is 26.4. The Balaban J connectivity index is 2.91.